The van der Waals surface area contributed by atoms with Gasteiger partial charge in [0.25, 0.3) is 5.91 Å². The number of ether oxygens (including phenoxy) is 2. The van der Waals surface area contributed by atoms with E-state index in [1.165, 1.54) is 0 Å². The molecule has 1 amide bonds. The lowest BCUT2D eigenvalue weighted by Gasteiger charge is -2.38. The zero-order valence-electron chi connectivity index (χ0n) is 14.7. The number of piperidine rings is 1. The van der Waals surface area contributed by atoms with E-state index >= 15 is 0 Å². The summed E-state index contributed by atoms with van der Waals surface area (Å²) in [6, 6.07) is 10.0. The molecular weight excluding hydrogens is 304 g/mol. The van der Waals surface area contributed by atoms with Crippen LogP contribution in [-0.2, 0) is 9.53 Å². The van der Waals surface area contributed by atoms with Gasteiger partial charge in [-0.15, -0.1) is 0 Å². The van der Waals surface area contributed by atoms with Crippen molar-refractivity contribution in [2.75, 3.05) is 39.4 Å². The number of benzene rings is 1. The Morgan fingerprint density at radius 2 is 2.04 bits per heavy atom. The summed E-state index contributed by atoms with van der Waals surface area (Å²) in [5.74, 6) is 1.30. The predicted molar refractivity (Wildman–Crippen MR) is 93.1 cm³/mol. The SMILES string of the molecule is CC(C)N1CCO[C@@H]2CN(C(=O)COc3ccccc3)CC[C@@H]2C1. The highest BCUT2D eigenvalue weighted by Gasteiger charge is 2.35. The first kappa shape index (κ1) is 17.2. The number of hydrogen-bond acceptors (Lipinski definition) is 4. The molecule has 1 aromatic rings. The standard InChI is InChI=1S/C19H28N2O3/c1-15(2)20-10-11-23-18-13-21(9-8-16(18)12-20)19(22)14-24-17-6-4-3-5-7-17/h3-7,15-16,18H,8-14H2,1-2H3/t16-,18-/m1/s1. The van der Waals surface area contributed by atoms with Crippen molar-refractivity contribution in [2.24, 2.45) is 5.92 Å². The molecule has 0 aromatic heterocycles. The molecule has 0 radical (unpaired) electrons. The lowest BCUT2D eigenvalue weighted by atomic mass is 9.93. The molecule has 2 atom stereocenters. The van der Waals surface area contributed by atoms with Gasteiger partial charge in [0, 0.05) is 38.1 Å². The fourth-order valence-corrected chi connectivity index (χ4v) is 3.53. The number of fused-ring (bicyclic) bond motifs is 1. The minimum Gasteiger partial charge on any atom is -0.484 e. The van der Waals surface area contributed by atoms with Gasteiger partial charge in [0.05, 0.1) is 12.7 Å². The summed E-state index contributed by atoms with van der Waals surface area (Å²) in [5.41, 5.74) is 0. The maximum absolute atomic E-state index is 12.4. The Balaban J connectivity index is 1.52. The van der Waals surface area contributed by atoms with E-state index in [-0.39, 0.29) is 18.6 Å². The van der Waals surface area contributed by atoms with Crippen LogP contribution in [0.5, 0.6) is 5.75 Å². The molecular formula is C19H28N2O3. The summed E-state index contributed by atoms with van der Waals surface area (Å²) in [7, 11) is 0. The van der Waals surface area contributed by atoms with Crippen molar-refractivity contribution in [1.82, 2.24) is 9.80 Å². The van der Waals surface area contributed by atoms with Crippen LogP contribution in [0.3, 0.4) is 0 Å². The Morgan fingerprint density at radius 3 is 2.79 bits per heavy atom. The van der Waals surface area contributed by atoms with Gasteiger partial charge in [-0.1, -0.05) is 18.2 Å². The molecule has 0 N–H and O–H groups in total. The van der Waals surface area contributed by atoms with E-state index in [2.05, 4.69) is 18.7 Å². The van der Waals surface area contributed by atoms with Gasteiger partial charge in [-0.3, -0.25) is 9.69 Å². The molecule has 0 unspecified atom stereocenters. The van der Waals surface area contributed by atoms with E-state index in [0.717, 1.165) is 38.4 Å². The highest BCUT2D eigenvalue weighted by atomic mass is 16.5. The number of carbonyl (C=O) groups is 1. The molecule has 0 bridgehead atoms. The molecule has 0 aliphatic carbocycles. The van der Waals surface area contributed by atoms with Gasteiger partial charge in [-0.05, 0) is 32.4 Å². The van der Waals surface area contributed by atoms with Crippen molar-refractivity contribution in [2.45, 2.75) is 32.4 Å². The Labute approximate surface area is 144 Å². The maximum Gasteiger partial charge on any atom is 0.260 e. The second-order valence-corrected chi connectivity index (χ2v) is 6.99. The highest BCUT2D eigenvalue weighted by molar-refractivity contribution is 5.77. The summed E-state index contributed by atoms with van der Waals surface area (Å²) in [5, 5.41) is 0. The van der Waals surface area contributed by atoms with Crippen LogP contribution in [0.4, 0.5) is 0 Å². The predicted octanol–water partition coefficient (Wildman–Crippen LogP) is 2.02. The third-order valence-corrected chi connectivity index (χ3v) is 5.06. The van der Waals surface area contributed by atoms with Crippen LogP contribution in [0, 0.1) is 5.92 Å². The second kappa shape index (κ2) is 7.99. The van der Waals surface area contributed by atoms with Crippen LogP contribution in [0.25, 0.3) is 0 Å². The average molecular weight is 332 g/mol. The minimum absolute atomic E-state index is 0.0471. The van der Waals surface area contributed by atoms with E-state index in [4.69, 9.17) is 9.47 Å². The van der Waals surface area contributed by atoms with Crippen LogP contribution in [0.15, 0.2) is 30.3 Å². The normalized spacial score (nSPS) is 25.2. The van der Waals surface area contributed by atoms with Crippen molar-refractivity contribution in [3.8, 4) is 5.75 Å². The summed E-state index contributed by atoms with van der Waals surface area (Å²) in [6.45, 7) is 8.86. The highest BCUT2D eigenvalue weighted by Crippen LogP contribution is 2.25. The maximum atomic E-state index is 12.4. The summed E-state index contributed by atoms with van der Waals surface area (Å²) in [6.07, 6.45) is 1.16. The van der Waals surface area contributed by atoms with Gasteiger partial charge in [-0.2, -0.15) is 0 Å². The molecule has 1 aromatic carbocycles. The van der Waals surface area contributed by atoms with E-state index in [9.17, 15) is 4.79 Å². The smallest absolute Gasteiger partial charge is 0.260 e. The molecule has 2 heterocycles. The van der Waals surface area contributed by atoms with Crippen LogP contribution in [0.1, 0.15) is 20.3 Å². The average Bonchev–Trinajstić information content (AvgIpc) is 2.82. The molecule has 5 nitrogen and oxygen atoms in total. The number of para-hydroxylation sites is 1. The lowest BCUT2D eigenvalue weighted by Crippen LogP contribution is -2.50. The molecule has 5 heteroatoms. The first-order chi connectivity index (χ1) is 11.6. The topological polar surface area (TPSA) is 42.0 Å². The lowest BCUT2D eigenvalue weighted by molar-refractivity contribution is -0.139. The van der Waals surface area contributed by atoms with Crippen molar-refractivity contribution < 1.29 is 14.3 Å². The fourth-order valence-electron chi connectivity index (χ4n) is 3.53. The largest absolute Gasteiger partial charge is 0.484 e. The molecule has 2 aliphatic rings. The second-order valence-electron chi connectivity index (χ2n) is 6.99. The Morgan fingerprint density at radius 1 is 1.25 bits per heavy atom. The zero-order valence-corrected chi connectivity index (χ0v) is 14.7. The van der Waals surface area contributed by atoms with Gasteiger partial charge in [0.2, 0.25) is 0 Å². The zero-order chi connectivity index (χ0) is 16.9. The number of nitrogens with zero attached hydrogens (tertiary/aromatic N) is 2. The quantitative estimate of drug-likeness (QED) is 0.846. The third kappa shape index (κ3) is 4.28. The summed E-state index contributed by atoms with van der Waals surface area (Å²) in [4.78, 5) is 16.8. The third-order valence-electron chi connectivity index (χ3n) is 5.06. The number of hydrogen-bond donors (Lipinski definition) is 0. The summed E-state index contributed by atoms with van der Waals surface area (Å²) >= 11 is 0. The number of likely N-dealkylation sites (tertiary alicyclic amines) is 1. The van der Waals surface area contributed by atoms with Crippen LogP contribution in [-0.4, -0.2) is 67.2 Å². The fraction of sp³-hybridized carbons (Fsp3) is 0.632. The van der Waals surface area contributed by atoms with Crippen LogP contribution in [0.2, 0.25) is 0 Å². The molecule has 2 aliphatic heterocycles. The Bertz CT molecular complexity index is 535. The number of carbonyl (C=O) groups excluding carboxylic acids is 1. The van der Waals surface area contributed by atoms with Crippen molar-refractivity contribution in [1.29, 1.82) is 0 Å². The van der Waals surface area contributed by atoms with Crippen molar-refractivity contribution in [3.63, 3.8) is 0 Å². The van der Waals surface area contributed by atoms with E-state index in [1.54, 1.807) is 0 Å². The first-order valence-electron chi connectivity index (χ1n) is 8.95. The van der Waals surface area contributed by atoms with E-state index in [0.29, 0.717) is 18.5 Å². The minimum atomic E-state index is 0.0471. The van der Waals surface area contributed by atoms with Crippen LogP contribution < -0.4 is 4.74 Å². The summed E-state index contributed by atoms with van der Waals surface area (Å²) < 4.78 is 11.6. The number of rotatable bonds is 4. The molecule has 24 heavy (non-hydrogen) atoms. The molecule has 2 fully saturated rings. The van der Waals surface area contributed by atoms with Gasteiger partial charge >= 0.3 is 0 Å². The van der Waals surface area contributed by atoms with Gasteiger partial charge in [0.15, 0.2) is 6.61 Å². The Hall–Kier alpha value is -1.59. The molecule has 132 valence electrons. The van der Waals surface area contributed by atoms with Crippen LogP contribution >= 0.6 is 0 Å². The molecule has 2 saturated heterocycles. The van der Waals surface area contributed by atoms with Crippen molar-refractivity contribution >= 4 is 5.91 Å². The van der Waals surface area contributed by atoms with E-state index < -0.39 is 0 Å². The molecule has 3 rings (SSSR count). The molecule has 0 spiro atoms. The van der Waals surface area contributed by atoms with E-state index in [1.807, 2.05) is 35.2 Å². The first-order valence-corrected chi connectivity index (χ1v) is 8.95. The Kier molecular flexibility index (Phi) is 5.74. The van der Waals surface area contributed by atoms with Gasteiger partial charge in [0.1, 0.15) is 5.75 Å². The number of amides is 1. The van der Waals surface area contributed by atoms with Gasteiger partial charge < -0.3 is 14.4 Å². The van der Waals surface area contributed by atoms with Gasteiger partial charge in [-0.25, -0.2) is 0 Å². The molecule has 0 saturated carbocycles. The van der Waals surface area contributed by atoms with Crippen molar-refractivity contribution in [3.05, 3.63) is 30.3 Å². The monoisotopic (exact) mass is 332 g/mol.